The summed E-state index contributed by atoms with van der Waals surface area (Å²) in [5.41, 5.74) is 0.226. The molecule has 1 aromatic rings. The molecule has 7 nitrogen and oxygen atoms in total. The highest BCUT2D eigenvalue weighted by molar-refractivity contribution is 7.98. The highest BCUT2D eigenvalue weighted by atomic mass is 32.2. The quantitative estimate of drug-likeness (QED) is 0.517. The van der Waals surface area contributed by atoms with Gasteiger partial charge in [0.15, 0.2) is 6.61 Å². The Bertz CT molecular complexity index is 649. The maximum Gasteiger partial charge on any atom is 0.342 e. The van der Waals surface area contributed by atoms with Crippen molar-refractivity contribution in [1.29, 1.82) is 0 Å². The second-order valence-electron chi connectivity index (χ2n) is 5.60. The third kappa shape index (κ3) is 5.94. The van der Waals surface area contributed by atoms with E-state index in [-0.39, 0.29) is 11.5 Å². The molecule has 0 radical (unpaired) electrons. The van der Waals surface area contributed by atoms with E-state index in [1.54, 1.807) is 18.2 Å². The zero-order chi connectivity index (χ0) is 19.7. The van der Waals surface area contributed by atoms with Crippen LogP contribution in [0.15, 0.2) is 23.1 Å². The summed E-state index contributed by atoms with van der Waals surface area (Å²) in [4.78, 5) is 37.0. The van der Waals surface area contributed by atoms with Crippen LogP contribution in [0.1, 0.15) is 30.6 Å². The van der Waals surface area contributed by atoms with Gasteiger partial charge < -0.3 is 19.5 Å². The van der Waals surface area contributed by atoms with Gasteiger partial charge in [-0.25, -0.2) is 9.59 Å². The van der Waals surface area contributed by atoms with Gasteiger partial charge in [-0.2, -0.15) is 0 Å². The van der Waals surface area contributed by atoms with Crippen LogP contribution >= 0.6 is 11.8 Å². The fraction of sp³-hybridized carbons (Fsp3) is 0.500. The normalized spacial score (nSPS) is 12.7. The first-order valence-corrected chi connectivity index (χ1v) is 9.36. The molecule has 144 valence electrons. The maximum atomic E-state index is 12.2. The smallest absolute Gasteiger partial charge is 0.342 e. The molecule has 0 saturated heterocycles. The summed E-state index contributed by atoms with van der Waals surface area (Å²) in [7, 11) is 2.71. The Morgan fingerprint density at radius 1 is 1.23 bits per heavy atom. The van der Waals surface area contributed by atoms with Crippen molar-refractivity contribution >= 4 is 29.6 Å². The van der Waals surface area contributed by atoms with Gasteiger partial charge >= 0.3 is 11.9 Å². The second-order valence-corrected chi connectivity index (χ2v) is 6.48. The minimum absolute atomic E-state index is 0.110. The van der Waals surface area contributed by atoms with Crippen molar-refractivity contribution in [3.63, 3.8) is 0 Å². The second kappa shape index (κ2) is 10.7. The Morgan fingerprint density at radius 2 is 1.92 bits per heavy atom. The van der Waals surface area contributed by atoms with Crippen molar-refractivity contribution in [3.8, 4) is 5.75 Å². The minimum atomic E-state index is -0.786. The van der Waals surface area contributed by atoms with E-state index >= 15 is 0 Å². The van der Waals surface area contributed by atoms with Crippen LogP contribution in [-0.2, 0) is 19.1 Å². The Labute approximate surface area is 157 Å². The standard InChI is InChI=1S/C18H25NO6S/c1-6-11(2)16(18(22)24-4)19-15(20)10-25-17(21)13-8-7-12(26-5)9-14(13)23-3/h7-9,11,16H,6,10H2,1-5H3,(H,19,20)/t11-,16-/m1/s1. The van der Waals surface area contributed by atoms with Crippen molar-refractivity contribution < 1.29 is 28.6 Å². The third-order valence-electron chi connectivity index (χ3n) is 3.95. The van der Waals surface area contributed by atoms with Gasteiger partial charge in [-0.3, -0.25) is 4.79 Å². The molecular weight excluding hydrogens is 358 g/mol. The summed E-state index contributed by atoms with van der Waals surface area (Å²) in [5, 5.41) is 2.55. The van der Waals surface area contributed by atoms with E-state index in [1.807, 2.05) is 20.1 Å². The fourth-order valence-corrected chi connectivity index (χ4v) is 2.62. The maximum absolute atomic E-state index is 12.2. The molecule has 0 aliphatic heterocycles. The van der Waals surface area contributed by atoms with Gasteiger partial charge in [0.2, 0.25) is 0 Å². The van der Waals surface area contributed by atoms with Crippen LogP contribution in [0, 0.1) is 5.92 Å². The van der Waals surface area contributed by atoms with Crippen LogP contribution in [0.3, 0.4) is 0 Å². The molecule has 1 aromatic carbocycles. The summed E-state index contributed by atoms with van der Waals surface area (Å²) < 4.78 is 14.9. The molecule has 0 fully saturated rings. The lowest BCUT2D eigenvalue weighted by atomic mass is 9.99. The van der Waals surface area contributed by atoms with Gasteiger partial charge in [0.1, 0.15) is 17.4 Å². The molecule has 1 rings (SSSR count). The van der Waals surface area contributed by atoms with Crippen molar-refractivity contribution in [2.24, 2.45) is 5.92 Å². The summed E-state index contributed by atoms with van der Waals surface area (Å²) in [6.07, 6.45) is 2.59. The van der Waals surface area contributed by atoms with Gasteiger partial charge in [-0.1, -0.05) is 20.3 Å². The first kappa shape index (κ1) is 21.8. The lowest BCUT2D eigenvalue weighted by Gasteiger charge is -2.21. The van der Waals surface area contributed by atoms with E-state index in [0.29, 0.717) is 12.2 Å². The number of carbonyl (C=O) groups excluding carboxylic acids is 3. The molecule has 0 spiro atoms. The van der Waals surface area contributed by atoms with Crippen LogP contribution in [0.2, 0.25) is 0 Å². The number of carbonyl (C=O) groups is 3. The van der Waals surface area contributed by atoms with Crippen molar-refractivity contribution in [2.45, 2.75) is 31.2 Å². The average molecular weight is 383 g/mol. The number of esters is 2. The van der Waals surface area contributed by atoms with E-state index in [9.17, 15) is 14.4 Å². The van der Waals surface area contributed by atoms with Crippen LogP contribution in [0.25, 0.3) is 0 Å². The lowest BCUT2D eigenvalue weighted by molar-refractivity contribution is -0.147. The van der Waals surface area contributed by atoms with Gasteiger partial charge in [-0.05, 0) is 30.4 Å². The minimum Gasteiger partial charge on any atom is -0.496 e. The molecule has 1 N–H and O–H groups in total. The van der Waals surface area contributed by atoms with Crippen LogP contribution in [-0.4, -0.2) is 51.0 Å². The predicted molar refractivity (Wildman–Crippen MR) is 98.5 cm³/mol. The highest BCUT2D eigenvalue weighted by Gasteiger charge is 2.27. The fourth-order valence-electron chi connectivity index (χ4n) is 2.19. The van der Waals surface area contributed by atoms with E-state index < -0.39 is 30.5 Å². The summed E-state index contributed by atoms with van der Waals surface area (Å²) in [6, 6.07) is 4.28. The van der Waals surface area contributed by atoms with Crippen molar-refractivity contribution in [2.75, 3.05) is 27.1 Å². The first-order valence-electron chi connectivity index (χ1n) is 8.14. The zero-order valence-electron chi connectivity index (χ0n) is 15.7. The number of methoxy groups -OCH3 is 2. The van der Waals surface area contributed by atoms with Crippen molar-refractivity contribution in [1.82, 2.24) is 5.32 Å². The van der Waals surface area contributed by atoms with E-state index in [0.717, 1.165) is 4.90 Å². The molecule has 26 heavy (non-hydrogen) atoms. The van der Waals surface area contributed by atoms with Crippen LogP contribution in [0.5, 0.6) is 5.75 Å². The van der Waals surface area contributed by atoms with Gasteiger partial charge in [-0.15, -0.1) is 11.8 Å². The summed E-state index contributed by atoms with van der Waals surface area (Å²) in [6.45, 7) is 3.22. The zero-order valence-corrected chi connectivity index (χ0v) is 16.5. The molecule has 0 bridgehead atoms. The predicted octanol–water partition coefficient (Wildman–Crippen LogP) is 2.28. The number of hydrogen-bond acceptors (Lipinski definition) is 7. The molecule has 0 heterocycles. The Morgan fingerprint density at radius 3 is 2.46 bits per heavy atom. The highest BCUT2D eigenvalue weighted by Crippen LogP contribution is 2.25. The SMILES string of the molecule is CC[C@@H](C)[C@@H](NC(=O)COC(=O)c1ccc(SC)cc1OC)C(=O)OC. The van der Waals surface area contributed by atoms with Crippen LogP contribution < -0.4 is 10.1 Å². The monoisotopic (exact) mass is 383 g/mol. The Kier molecular flexibility index (Phi) is 8.98. The number of nitrogens with one attached hydrogen (secondary N) is 1. The topological polar surface area (TPSA) is 90.9 Å². The van der Waals surface area contributed by atoms with Gasteiger partial charge in [0, 0.05) is 4.90 Å². The molecule has 1 amide bonds. The number of amides is 1. The third-order valence-corrected chi connectivity index (χ3v) is 4.67. The molecule has 0 saturated carbocycles. The molecule has 0 aliphatic rings. The first-order chi connectivity index (χ1) is 12.4. The molecule has 0 unspecified atom stereocenters. The van der Waals surface area contributed by atoms with Crippen LogP contribution in [0.4, 0.5) is 0 Å². The van der Waals surface area contributed by atoms with Crippen molar-refractivity contribution in [3.05, 3.63) is 23.8 Å². The average Bonchev–Trinajstić information content (AvgIpc) is 2.68. The van der Waals surface area contributed by atoms with Gasteiger partial charge in [0.25, 0.3) is 5.91 Å². The van der Waals surface area contributed by atoms with Gasteiger partial charge in [0.05, 0.1) is 14.2 Å². The summed E-state index contributed by atoms with van der Waals surface area (Å²) >= 11 is 1.51. The molecule has 2 atom stereocenters. The number of benzene rings is 1. The van der Waals surface area contributed by atoms with E-state index in [2.05, 4.69) is 5.32 Å². The Balaban J connectivity index is 2.71. The number of ether oxygens (including phenoxy) is 3. The molecule has 8 heteroatoms. The number of hydrogen-bond donors (Lipinski definition) is 1. The summed E-state index contributed by atoms with van der Waals surface area (Å²) in [5.74, 6) is -1.53. The Hall–Kier alpha value is -2.22. The molecular formula is C18H25NO6S. The number of rotatable bonds is 9. The number of thioether (sulfide) groups is 1. The largest absolute Gasteiger partial charge is 0.496 e. The molecule has 0 aliphatic carbocycles. The van der Waals surface area contributed by atoms with E-state index in [1.165, 1.54) is 26.0 Å². The lowest BCUT2D eigenvalue weighted by Crippen LogP contribution is -2.47. The van der Waals surface area contributed by atoms with E-state index in [4.69, 9.17) is 14.2 Å². The molecule has 0 aromatic heterocycles.